The Morgan fingerprint density at radius 1 is 1.16 bits per heavy atom. The highest BCUT2D eigenvalue weighted by atomic mass is 16.6. The fraction of sp³-hybridized carbons (Fsp3) is 0.136. The Kier molecular flexibility index (Phi) is 6.56. The van der Waals surface area contributed by atoms with Crippen LogP contribution in [0.5, 0.6) is 0 Å². The lowest BCUT2D eigenvalue weighted by atomic mass is 10.1. The molecule has 1 amide bonds. The van der Waals surface area contributed by atoms with E-state index in [0.717, 1.165) is 5.56 Å². The zero-order valence-corrected chi connectivity index (χ0v) is 16.8. The molecular formula is C22H19N3O6. The predicted octanol–water partition coefficient (Wildman–Crippen LogP) is 4.10. The molecule has 0 unspecified atom stereocenters. The Balaban J connectivity index is 1.66. The van der Waals surface area contributed by atoms with Crippen LogP contribution < -0.4 is 5.43 Å². The van der Waals surface area contributed by atoms with Crippen LogP contribution in [0.2, 0.25) is 0 Å². The summed E-state index contributed by atoms with van der Waals surface area (Å²) in [6.45, 7) is 3.55. The van der Waals surface area contributed by atoms with Crippen molar-refractivity contribution in [1.82, 2.24) is 5.43 Å². The molecule has 0 atom stereocenters. The first-order chi connectivity index (χ1) is 14.9. The molecule has 3 aromatic rings. The van der Waals surface area contributed by atoms with Crippen molar-refractivity contribution in [2.75, 3.05) is 6.61 Å². The number of esters is 1. The Morgan fingerprint density at radius 3 is 2.58 bits per heavy atom. The Morgan fingerprint density at radius 2 is 1.90 bits per heavy atom. The molecule has 0 saturated heterocycles. The molecule has 1 heterocycles. The number of hydrogen-bond donors (Lipinski definition) is 1. The highest BCUT2D eigenvalue weighted by Crippen LogP contribution is 2.23. The van der Waals surface area contributed by atoms with Crippen LogP contribution in [0, 0.1) is 17.0 Å². The number of ether oxygens (including phenoxy) is 1. The van der Waals surface area contributed by atoms with Gasteiger partial charge in [0.1, 0.15) is 11.5 Å². The zero-order chi connectivity index (χ0) is 22.4. The van der Waals surface area contributed by atoms with Crippen LogP contribution in [0.4, 0.5) is 5.69 Å². The van der Waals surface area contributed by atoms with E-state index in [-0.39, 0.29) is 16.8 Å². The molecule has 31 heavy (non-hydrogen) atoms. The first-order valence-corrected chi connectivity index (χ1v) is 9.35. The van der Waals surface area contributed by atoms with Gasteiger partial charge in [0, 0.05) is 17.2 Å². The van der Waals surface area contributed by atoms with Crippen molar-refractivity contribution in [3.05, 3.63) is 87.2 Å². The maximum Gasteiger partial charge on any atom is 0.338 e. The standard InChI is InChI=1S/C22H19N3O6/c1-3-30-22(27)16-9-7-15(8-10-16)20-12-11-17(31-20)13-23-24-21(26)18-5-4-6-19(14(18)2)25(28)29/h4-13H,3H2,1-2H3,(H,24,26)/b23-13-. The molecule has 9 nitrogen and oxygen atoms in total. The number of furan rings is 1. The third-order valence-corrected chi connectivity index (χ3v) is 4.41. The molecule has 0 aliphatic carbocycles. The summed E-state index contributed by atoms with van der Waals surface area (Å²) >= 11 is 0. The molecule has 3 rings (SSSR count). The van der Waals surface area contributed by atoms with Gasteiger partial charge < -0.3 is 9.15 Å². The fourth-order valence-corrected chi connectivity index (χ4v) is 2.84. The molecule has 0 aliphatic heterocycles. The average Bonchev–Trinajstić information content (AvgIpc) is 3.23. The molecule has 1 N–H and O–H groups in total. The van der Waals surface area contributed by atoms with Gasteiger partial charge in [-0.15, -0.1) is 0 Å². The summed E-state index contributed by atoms with van der Waals surface area (Å²) in [6, 6.07) is 14.4. The third-order valence-electron chi connectivity index (χ3n) is 4.41. The number of carbonyl (C=O) groups is 2. The second-order valence-corrected chi connectivity index (χ2v) is 6.41. The van der Waals surface area contributed by atoms with Gasteiger partial charge in [-0.2, -0.15) is 5.10 Å². The Bertz CT molecular complexity index is 1150. The lowest BCUT2D eigenvalue weighted by Gasteiger charge is -2.04. The van der Waals surface area contributed by atoms with Gasteiger partial charge in [0.15, 0.2) is 0 Å². The van der Waals surface area contributed by atoms with E-state index in [4.69, 9.17) is 9.15 Å². The van der Waals surface area contributed by atoms with Crippen LogP contribution >= 0.6 is 0 Å². The summed E-state index contributed by atoms with van der Waals surface area (Å²) in [5.41, 5.74) is 3.81. The molecule has 0 bridgehead atoms. The summed E-state index contributed by atoms with van der Waals surface area (Å²) in [4.78, 5) is 34.5. The second kappa shape index (κ2) is 9.49. The van der Waals surface area contributed by atoms with Crippen LogP contribution in [0.1, 0.15) is 39.0 Å². The van der Waals surface area contributed by atoms with E-state index >= 15 is 0 Å². The van der Waals surface area contributed by atoms with E-state index in [0.29, 0.717) is 23.7 Å². The van der Waals surface area contributed by atoms with Gasteiger partial charge in [-0.1, -0.05) is 18.2 Å². The average molecular weight is 421 g/mol. The van der Waals surface area contributed by atoms with Gasteiger partial charge in [-0.3, -0.25) is 14.9 Å². The summed E-state index contributed by atoms with van der Waals surface area (Å²) < 4.78 is 10.6. The molecule has 2 aromatic carbocycles. The summed E-state index contributed by atoms with van der Waals surface area (Å²) in [5.74, 6) is -0.0203. The minimum Gasteiger partial charge on any atom is -0.462 e. The summed E-state index contributed by atoms with van der Waals surface area (Å²) in [6.07, 6.45) is 1.32. The molecule has 0 spiro atoms. The maximum absolute atomic E-state index is 12.3. The number of nitrogens with one attached hydrogen (secondary N) is 1. The van der Waals surface area contributed by atoms with E-state index in [1.54, 1.807) is 43.3 Å². The van der Waals surface area contributed by atoms with Crippen LogP contribution in [0.25, 0.3) is 11.3 Å². The lowest BCUT2D eigenvalue weighted by Crippen LogP contribution is -2.19. The van der Waals surface area contributed by atoms with Crippen LogP contribution in [0.15, 0.2) is 64.1 Å². The van der Waals surface area contributed by atoms with Crippen molar-refractivity contribution in [3.8, 4) is 11.3 Å². The van der Waals surface area contributed by atoms with Gasteiger partial charge in [-0.25, -0.2) is 10.2 Å². The van der Waals surface area contributed by atoms with Crippen molar-refractivity contribution < 1.29 is 23.7 Å². The highest BCUT2D eigenvalue weighted by molar-refractivity contribution is 5.97. The molecular weight excluding hydrogens is 402 g/mol. The third kappa shape index (κ3) is 5.02. The second-order valence-electron chi connectivity index (χ2n) is 6.41. The number of benzene rings is 2. The molecule has 0 aliphatic rings. The van der Waals surface area contributed by atoms with Crippen molar-refractivity contribution in [3.63, 3.8) is 0 Å². The van der Waals surface area contributed by atoms with Crippen LogP contribution in [0.3, 0.4) is 0 Å². The monoisotopic (exact) mass is 421 g/mol. The minimum absolute atomic E-state index is 0.138. The van der Waals surface area contributed by atoms with Gasteiger partial charge in [0.25, 0.3) is 11.6 Å². The number of nitrogens with zero attached hydrogens (tertiary/aromatic N) is 2. The molecule has 158 valence electrons. The van der Waals surface area contributed by atoms with E-state index in [1.807, 2.05) is 0 Å². The molecule has 0 saturated carbocycles. The van der Waals surface area contributed by atoms with E-state index in [2.05, 4.69) is 10.5 Å². The lowest BCUT2D eigenvalue weighted by molar-refractivity contribution is -0.385. The van der Waals surface area contributed by atoms with Gasteiger partial charge in [0.05, 0.1) is 28.9 Å². The molecule has 0 fully saturated rings. The first kappa shape index (κ1) is 21.4. The van der Waals surface area contributed by atoms with E-state index in [9.17, 15) is 19.7 Å². The van der Waals surface area contributed by atoms with E-state index < -0.39 is 16.8 Å². The number of nitro groups is 1. The first-order valence-electron chi connectivity index (χ1n) is 9.35. The van der Waals surface area contributed by atoms with Crippen molar-refractivity contribution in [2.45, 2.75) is 13.8 Å². The Labute approximate surface area is 177 Å². The van der Waals surface area contributed by atoms with Gasteiger partial charge in [0.2, 0.25) is 0 Å². The largest absolute Gasteiger partial charge is 0.462 e. The van der Waals surface area contributed by atoms with Crippen LogP contribution in [-0.4, -0.2) is 29.6 Å². The minimum atomic E-state index is -0.571. The van der Waals surface area contributed by atoms with Crippen molar-refractivity contribution in [1.29, 1.82) is 0 Å². The summed E-state index contributed by atoms with van der Waals surface area (Å²) in [7, 11) is 0. The highest BCUT2D eigenvalue weighted by Gasteiger charge is 2.17. The topological polar surface area (TPSA) is 124 Å². The number of carbonyl (C=O) groups excluding carboxylic acids is 2. The molecule has 0 radical (unpaired) electrons. The summed E-state index contributed by atoms with van der Waals surface area (Å²) in [5, 5.41) is 14.9. The number of hydrogen-bond acceptors (Lipinski definition) is 7. The van der Waals surface area contributed by atoms with Gasteiger partial charge >= 0.3 is 5.97 Å². The maximum atomic E-state index is 12.3. The zero-order valence-electron chi connectivity index (χ0n) is 16.8. The SMILES string of the molecule is CCOC(=O)c1ccc(-c2ccc(/C=N\NC(=O)c3cccc([N+](=O)[O-])c3C)o2)cc1. The number of nitro benzene ring substituents is 1. The number of hydrazone groups is 1. The fourth-order valence-electron chi connectivity index (χ4n) is 2.84. The van der Waals surface area contributed by atoms with E-state index in [1.165, 1.54) is 31.3 Å². The smallest absolute Gasteiger partial charge is 0.338 e. The Hall–Kier alpha value is -4.27. The van der Waals surface area contributed by atoms with Crippen molar-refractivity contribution >= 4 is 23.8 Å². The predicted molar refractivity (Wildman–Crippen MR) is 113 cm³/mol. The normalized spacial score (nSPS) is 10.8. The van der Waals surface area contributed by atoms with Gasteiger partial charge in [-0.05, 0) is 44.2 Å². The van der Waals surface area contributed by atoms with Crippen molar-refractivity contribution in [2.24, 2.45) is 5.10 Å². The molecule has 9 heteroatoms. The quantitative estimate of drug-likeness (QED) is 0.265. The van der Waals surface area contributed by atoms with Crippen LogP contribution in [-0.2, 0) is 4.74 Å². The molecule has 1 aromatic heterocycles. The number of rotatable bonds is 7. The number of amides is 1.